The summed E-state index contributed by atoms with van der Waals surface area (Å²) in [5.74, 6) is -0.221. The Balaban J connectivity index is 2.31. The average molecular weight is 235 g/mol. The third kappa shape index (κ3) is 2.12. The van der Waals surface area contributed by atoms with Crippen molar-refractivity contribution in [1.29, 1.82) is 0 Å². The summed E-state index contributed by atoms with van der Waals surface area (Å²) in [6.07, 6.45) is 3.07. The first kappa shape index (κ1) is 11.9. The number of hydrogen-bond donors (Lipinski definition) is 1. The zero-order valence-corrected chi connectivity index (χ0v) is 10.3. The number of fused-ring (bicyclic) bond motifs is 1. The van der Waals surface area contributed by atoms with Crippen LogP contribution in [-0.4, -0.2) is 23.3 Å². The summed E-state index contributed by atoms with van der Waals surface area (Å²) in [5, 5.41) is 0. The predicted octanol–water partition coefficient (Wildman–Crippen LogP) is 2.41. The van der Waals surface area contributed by atoms with Crippen LogP contribution >= 0.6 is 0 Å². The Morgan fingerprint density at radius 1 is 1.41 bits per heavy atom. The van der Waals surface area contributed by atoms with Crippen LogP contribution in [-0.2, 0) is 11.2 Å². The van der Waals surface area contributed by atoms with Gasteiger partial charge in [-0.3, -0.25) is 4.79 Å². The number of ketones is 1. The van der Waals surface area contributed by atoms with Gasteiger partial charge in [-0.05, 0) is 31.7 Å². The summed E-state index contributed by atoms with van der Waals surface area (Å²) >= 11 is 0. The summed E-state index contributed by atoms with van der Waals surface area (Å²) in [5.41, 5.74) is 2.78. The van der Waals surface area contributed by atoms with Crippen LogP contribution in [0.4, 0.5) is 0 Å². The Morgan fingerprint density at radius 2 is 2.18 bits per heavy atom. The topological polar surface area (TPSA) is 59.2 Å². The van der Waals surface area contributed by atoms with E-state index in [9.17, 15) is 9.59 Å². The van der Waals surface area contributed by atoms with Gasteiger partial charge in [-0.1, -0.05) is 6.92 Å². The van der Waals surface area contributed by atoms with Crippen molar-refractivity contribution in [2.45, 2.75) is 39.5 Å². The highest BCUT2D eigenvalue weighted by molar-refractivity contribution is 6.03. The third-order valence-corrected chi connectivity index (χ3v) is 3.08. The number of H-pyrrole nitrogens is 1. The van der Waals surface area contributed by atoms with Gasteiger partial charge in [-0.2, -0.15) is 0 Å². The molecule has 0 spiro atoms. The fourth-order valence-corrected chi connectivity index (χ4v) is 2.25. The maximum atomic E-state index is 11.8. The number of carbonyl (C=O) groups excluding carboxylic acids is 2. The lowest BCUT2D eigenvalue weighted by Crippen LogP contribution is -2.10. The number of carbonyl (C=O) groups is 2. The highest BCUT2D eigenvalue weighted by Gasteiger charge is 2.26. The molecule has 1 aliphatic carbocycles. The van der Waals surface area contributed by atoms with Crippen LogP contribution in [0, 0.1) is 6.92 Å². The molecule has 1 aromatic rings. The van der Waals surface area contributed by atoms with Crippen molar-refractivity contribution in [2.24, 2.45) is 0 Å². The minimum absolute atomic E-state index is 0.134. The van der Waals surface area contributed by atoms with E-state index in [1.54, 1.807) is 6.92 Å². The highest BCUT2D eigenvalue weighted by atomic mass is 16.5. The Bertz CT molecular complexity index is 459. The molecule has 4 nitrogen and oxygen atoms in total. The molecule has 0 saturated heterocycles. The van der Waals surface area contributed by atoms with Crippen LogP contribution < -0.4 is 0 Å². The summed E-state index contributed by atoms with van der Waals surface area (Å²) in [6, 6.07) is 0. The van der Waals surface area contributed by atoms with Crippen LogP contribution in [0.15, 0.2) is 0 Å². The first-order valence-corrected chi connectivity index (χ1v) is 6.07. The largest absolute Gasteiger partial charge is 0.461 e. The normalized spacial score (nSPS) is 14.6. The van der Waals surface area contributed by atoms with E-state index in [1.807, 2.05) is 6.92 Å². The van der Waals surface area contributed by atoms with E-state index in [2.05, 4.69) is 4.98 Å². The van der Waals surface area contributed by atoms with Gasteiger partial charge >= 0.3 is 5.97 Å². The number of aromatic amines is 1. The van der Waals surface area contributed by atoms with E-state index in [1.165, 1.54) is 0 Å². The van der Waals surface area contributed by atoms with Gasteiger partial charge in [0.1, 0.15) is 5.69 Å². The first-order chi connectivity index (χ1) is 8.15. The van der Waals surface area contributed by atoms with Crippen molar-refractivity contribution in [3.05, 3.63) is 22.5 Å². The number of ether oxygens (including phenoxy) is 1. The first-order valence-electron chi connectivity index (χ1n) is 6.07. The molecule has 1 N–H and O–H groups in total. The molecule has 1 aromatic heterocycles. The Morgan fingerprint density at radius 3 is 2.82 bits per heavy atom. The zero-order chi connectivity index (χ0) is 12.4. The fourth-order valence-electron chi connectivity index (χ4n) is 2.25. The second kappa shape index (κ2) is 4.73. The van der Waals surface area contributed by atoms with E-state index < -0.39 is 0 Å². The quantitative estimate of drug-likeness (QED) is 0.818. The van der Waals surface area contributed by atoms with Gasteiger partial charge in [0, 0.05) is 17.7 Å². The van der Waals surface area contributed by atoms with Gasteiger partial charge in [-0.25, -0.2) is 4.79 Å². The fraction of sp³-hybridized carbons (Fsp3) is 0.538. The molecule has 4 heteroatoms. The van der Waals surface area contributed by atoms with Crippen molar-refractivity contribution in [3.63, 3.8) is 0 Å². The van der Waals surface area contributed by atoms with Crippen molar-refractivity contribution in [1.82, 2.24) is 4.98 Å². The van der Waals surface area contributed by atoms with Gasteiger partial charge in [0.15, 0.2) is 5.78 Å². The van der Waals surface area contributed by atoms with Crippen molar-refractivity contribution in [3.8, 4) is 0 Å². The molecule has 1 aliphatic rings. The van der Waals surface area contributed by atoms with Gasteiger partial charge in [0.05, 0.1) is 6.61 Å². The smallest absolute Gasteiger partial charge is 0.355 e. The molecule has 2 rings (SSSR count). The molecule has 0 aliphatic heterocycles. The molecule has 0 unspecified atom stereocenters. The van der Waals surface area contributed by atoms with Crippen LogP contribution in [0.2, 0.25) is 0 Å². The molecule has 0 bridgehead atoms. The molecule has 1 heterocycles. The van der Waals surface area contributed by atoms with Crippen LogP contribution in [0.5, 0.6) is 0 Å². The number of rotatable bonds is 3. The summed E-state index contributed by atoms with van der Waals surface area (Å²) in [7, 11) is 0. The predicted molar refractivity (Wildman–Crippen MR) is 63.4 cm³/mol. The SMILES string of the molecule is CCCOC(=O)c1[nH]c2c(c1C)C(=O)CCC2. The molecule has 0 radical (unpaired) electrons. The van der Waals surface area contributed by atoms with E-state index in [-0.39, 0.29) is 11.8 Å². The number of nitrogens with one attached hydrogen (secondary N) is 1. The van der Waals surface area contributed by atoms with Crippen LogP contribution in [0.1, 0.15) is 58.3 Å². The Hall–Kier alpha value is -1.58. The molecule has 0 saturated carbocycles. The highest BCUT2D eigenvalue weighted by Crippen LogP contribution is 2.26. The lowest BCUT2D eigenvalue weighted by molar-refractivity contribution is 0.0498. The Labute approximate surface area is 100 Å². The molecule has 0 aromatic carbocycles. The van der Waals surface area contributed by atoms with Gasteiger partial charge in [-0.15, -0.1) is 0 Å². The molecular weight excluding hydrogens is 218 g/mol. The number of aryl methyl sites for hydroxylation is 1. The summed E-state index contributed by atoms with van der Waals surface area (Å²) < 4.78 is 5.09. The maximum absolute atomic E-state index is 11.8. The second-order valence-corrected chi connectivity index (χ2v) is 4.39. The lowest BCUT2D eigenvalue weighted by atomic mass is 9.94. The number of aromatic nitrogens is 1. The summed E-state index contributed by atoms with van der Waals surface area (Å²) in [6.45, 7) is 4.17. The maximum Gasteiger partial charge on any atom is 0.355 e. The van der Waals surface area contributed by atoms with E-state index in [0.29, 0.717) is 24.3 Å². The van der Waals surface area contributed by atoms with Gasteiger partial charge < -0.3 is 9.72 Å². The molecule has 0 atom stereocenters. The van der Waals surface area contributed by atoms with Crippen molar-refractivity contribution >= 4 is 11.8 Å². The van der Waals surface area contributed by atoms with Gasteiger partial charge in [0.25, 0.3) is 0 Å². The Kier molecular flexibility index (Phi) is 3.31. The standard InChI is InChI=1S/C13H17NO3/c1-3-7-17-13(16)12-8(2)11-9(14-12)5-4-6-10(11)15/h14H,3-7H2,1-2H3. The van der Waals surface area contributed by atoms with Crippen LogP contribution in [0.3, 0.4) is 0 Å². The molecule has 92 valence electrons. The number of Topliss-reactive ketones (excluding diaryl/α,β-unsaturated/α-hetero) is 1. The molecule has 0 amide bonds. The second-order valence-electron chi connectivity index (χ2n) is 4.39. The molecule has 17 heavy (non-hydrogen) atoms. The average Bonchev–Trinajstić information content (AvgIpc) is 2.65. The number of hydrogen-bond acceptors (Lipinski definition) is 3. The third-order valence-electron chi connectivity index (χ3n) is 3.08. The van der Waals surface area contributed by atoms with Crippen molar-refractivity contribution < 1.29 is 14.3 Å². The van der Waals surface area contributed by atoms with Crippen molar-refractivity contribution in [2.75, 3.05) is 6.61 Å². The number of esters is 1. The zero-order valence-electron chi connectivity index (χ0n) is 10.3. The molecular formula is C13H17NO3. The summed E-state index contributed by atoms with van der Waals surface area (Å²) in [4.78, 5) is 26.6. The van der Waals surface area contributed by atoms with E-state index in [4.69, 9.17) is 4.74 Å². The molecule has 0 fully saturated rings. The van der Waals surface area contributed by atoms with E-state index in [0.717, 1.165) is 30.5 Å². The van der Waals surface area contributed by atoms with E-state index >= 15 is 0 Å². The monoisotopic (exact) mass is 235 g/mol. The van der Waals surface area contributed by atoms with Crippen LogP contribution in [0.25, 0.3) is 0 Å². The van der Waals surface area contributed by atoms with Gasteiger partial charge in [0.2, 0.25) is 0 Å². The lowest BCUT2D eigenvalue weighted by Gasteiger charge is -2.09. The minimum atomic E-state index is -0.355. The minimum Gasteiger partial charge on any atom is -0.461 e.